The number of nitrogens with zero attached hydrogens (tertiary/aromatic N) is 2. The largest absolute Gasteiger partial charge is 0.497 e. The highest BCUT2D eigenvalue weighted by molar-refractivity contribution is 9.10. The predicted octanol–water partition coefficient (Wildman–Crippen LogP) is 4.07. The van der Waals surface area contributed by atoms with Gasteiger partial charge in [-0.3, -0.25) is 0 Å². The summed E-state index contributed by atoms with van der Waals surface area (Å²) < 4.78 is 15.8. The molecule has 0 saturated heterocycles. The molecule has 0 saturated carbocycles. The first-order valence-electron chi connectivity index (χ1n) is 6.83. The molecule has 0 aliphatic rings. The molecule has 0 spiro atoms. The van der Waals surface area contributed by atoms with Crippen molar-refractivity contribution in [2.45, 2.75) is 0 Å². The second kappa shape index (κ2) is 7.72. The Kier molecular flexibility index (Phi) is 5.90. The van der Waals surface area contributed by atoms with Crippen LogP contribution in [0.5, 0.6) is 11.5 Å². The van der Waals surface area contributed by atoms with Gasteiger partial charge in [0.2, 0.25) is 0 Å². The quantitative estimate of drug-likeness (QED) is 0.542. The number of aromatic nitrogens is 1. The SMILES string of the molecule is COC(=O)c1nc(Cl)cc(N(C)c2ccc(OC)cc2OC)c1Br. The van der Waals surface area contributed by atoms with Gasteiger partial charge in [-0.25, -0.2) is 9.78 Å². The van der Waals surface area contributed by atoms with Crippen molar-refractivity contribution in [1.82, 2.24) is 4.98 Å². The summed E-state index contributed by atoms with van der Waals surface area (Å²) in [7, 11) is 6.26. The molecule has 24 heavy (non-hydrogen) atoms. The summed E-state index contributed by atoms with van der Waals surface area (Å²) >= 11 is 9.46. The van der Waals surface area contributed by atoms with E-state index in [2.05, 4.69) is 20.9 Å². The zero-order chi connectivity index (χ0) is 17.9. The first-order chi connectivity index (χ1) is 11.4. The zero-order valence-corrected chi connectivity index (χ0v) is 15.9. The van der Waals surface area contributed by atoms with Gasteiger partial charge < -0.3 is 19.1 Å². The molecule has 0 radical (unpaired) electrons. The van der Waals surface area contributed by atoms with Gasteiger partial charge >= 0.3 is 5.97 Å². The molecular weight excluding hydrogens is 400 g/mol. The maximum atomic E-state index is 11.9. The zero-order valence-electron chi connectivity index (χ0n) is 13.6. The minimum atomic E-state index is -0.583. The number of carbonyl (C=O) groups is 1. The third-order valence-corrected chi connectivity index (χ3v) is 4.37. The standard InChI is InChI=1S/C16H16BrClN2O4/c1-20(10-6-5-9(22-2)7-12(10)23-3)11-8-13(18)19-15(14(11)17)16(21)24-4/h5-8H,1-4H3. The summed E-state index contributed by atoms with van der Waals surface area (Å²) in [5.74, 6) is 0.697. The third-order valence-electron chi connectivity index (χ3n) is 3.40. The van der Waals surface area contributed by atoms with Crippen molar-refractivity contribution in [1.29, 1.82) is 0 Å². The molecule has 1 aromatic heterocycles. The van der Waals surface area contributed by atoms with Gasteiger partial charge in [-0.2, -0.15) is 0 Å². The van der Waals surface area contributed by atoms with E-state index in [-0.39, 0.29) is 10.8 Å². The van der Waals surface area contributed by atoms with Crippen LogP contribution in [0.1, 0.15) is 10.5 Å². The first kappa shape index (κ1) is 18.4. The van der Waals surface area contributed by atoms with Crippen LogP contribution in [0.25, 0.3) is 0 Å². The number of carbonyl (C=O) groups excluding carboxylic acids is 1. The van der Waals surface area contributed by atoms with Crippen LogP contribution >= 0.6 is 27.5 Å². The molecule has 2 aromatic rings. The van der Waals surface area contributed by atoms with Crippen LogP contribution in [-0.2, 0) is 4.74 Å². The fraction of sp³-hybridized carbons (Fsp3) is 0.250. The number of pyridine rings is 1. The Morgan fingerprint density at radius 2 is 1.88 bits per heavy atom. The second-order valence-electron chi connectivity index (χ2n) is 4.72. The normalized spacial score (nSPS) is 10.2. The number of hydrogen-bond acceptors (Lipinski definition) is 6. The van der Waals surface area contributed by atoms with Crippen molar-refractivity contribution in [2.75, 3.05) is 33.3 Å². The van der Waals surface area contributed by atoms with Gasteiger partial charge in [-0.05, 0) is 28.1 Å². The van der Waals surface area contributed by atoms with E-state index in [1.807, 2.05) is 24.1 Å². The second-order valence-corrected chi connectivity index (χ2v) is 5.90. The van der Waals surface area contributed by atoms with Crippen molar-refractivity contribution in [3.05, 3.63) is 39.6 Å². The van der Waals surface area contributed by atoms with Gasteiger partial charge in [-0.1, -0.05) is 11.6 Å². The van der Waals surface area contributed by atoms with E-state index in [4.69, 9.17) is 25.8 Å². The van der Waals surface area contributed by atoms with Gasteiger partial charge in [0.25, 0.3) is 0 Å². The minimum absolute atomic E-state index is 0.0966. The van der Waals surface area contributed by atoms with Crippen molar-refractivity contribution < 1.29 is 19.0 Å². The third kappa shape index (κ3) is 3.57. The Hall–Kier alpha value is -1.99. The van der Waals surface area contributed by atoms with E-state index in [0.29, 0.717) is 21.7 Å². The Morgan fingerprint density at radius 1 is 1.17 bits per heavy atom. The summed E-state index contributed by atoms with van der Waals surface area (Å²) in [6.07, 6.45) is 0. The molecule has 0 atom stereocenters. The number of benzene rings is 1. The van der Waals surface area contributed by atoms with Crippen LogP contribution < -0.4 is 14.4 Å². The molecule has 2 rings (SSSR count). The molecule has 6 nitrogen and oxygen atoms in total. The summed E-state index contributed by atoms with van der Waals surface area (Å²) in [5, 5.41) is 0.174. The van der Waals surface area contributed by atoms with E-state index in [1.54, 1.807) is 26.4 Å². The molecule has 0 fully saturated rings. The number of anilines is 2. The van der Waals surface area contributed by atoms with Crippen LogP contribution in [0.15, 0.2) is 28.7 Å². The molecule has 0 N–H and O–H groups in total. The highest BCUT2D eigenvalue weighted by atomic mass is 79.9. The Morgan fingerprint density at radius 3 is 2.46 bits per heavy atom. The van der Waals surface area contributed by atoms with Gasteiger partial charge in [0, 0.05) is 19.2 Å². The van der Waals surface area contributed by atoms with Gasteiger partial charge in [0.05, 0.1) is 37.2 Å². The number of esters is 1. The molecule has 1 heterocycles. The van der Waals surface area contributed by atoms with Crippen molar-refractivity contribution >= 4 is 44.9 Å². The lowest BCUT2D eigenvalue weighted by molar-refractivity contribution is 0.0593. The summed E-state index contributed by atoms with van der Waals surface area (Å²) in [4.78, 5) is 17.7. The first-order valence-corrected chi connectivity index (χ1v) is 8.00. The highest BCUT2D eigenvalue weighted by Crippen LogP contribution is 2.39. The number of rotatable bonds is 5. The van der Waals surface area contributed by atoms with E-state index >= 15 is 0 Å². The van der Waals surface area contributed by atoms with Crippen LogP contribution in [0.3, 0.4) is 0 Å². The molecule has 1 aromatic carbocycles. The van der Waals surface area contributed by atoms with Gasteiger partial charge in [-0.15, -0.1) is 0 Å². The molecule has 8 heteroatoms. The number of halogens is 2. The maximum Gasteiger partial charge on any atom is 0.357 e. The van der Waals surface area contributed by atoms with E-state index in [9.17, 15) is 4.79 Å². The van der Waals surface area contributed by atoms with Gasteiger partial charge in [0.15, 0.2) is 5.69 Å². The van der Waals surface area contributed by atoms with Crippen molar-refractivity contribution in [2.24, 2.45) is 0 Å². The number of ether oxygens (including phenoxy) is 3. The smallest absolute Gasteiger partial charge is 0.357 e. The Labute approximate surface area is 153 Å². The number of methoxy groups -OCH3 is 3. The molecule has 128 valence electrons. The van der Waals surface area contributed by atoms with Crippen molar-refractivity contribution in [3.63, 3.8) is 0 Å². The fourth-order valence-corrected chi connectivity index (χ4v) is 2.97. The molecule has 0 amide bonds. The Balaban J connectivity index is 2.56. The number of hydrogen-bond donors (Lipinski definition) is 0. The lowest BCUT2D eigenvalue weighted by atomic mass is 10.2. The average molecular weight is 416 g/mol. The lowest BCUT2D eigenvalue weighted by Gasteiger charge is -2.24. The summed E-state index contributed by atoms with van der Waals surface area (Å²) in [6, 6.07) is 7.06. The lowest BCUT2D eigenvalue weighted by Crippen LogP contribution is -2.15. The minimum Gasteiger partial charge on any atom is -0.497 e. The molecular formula is C16H16BrClN2O4. The monoisotopic (exact) mass is 414 g/mol. The van der Waals surface area contributed by atoms with E-state index in [1.165, 1.54) is 7.11 Å². The van der Waals surface area contributed by atoms with Crippen LogP contribution in [0.4, 0.5) is 11.4 Å². The van der Waals surface area contributed by atoms with Crippen molar-refractivity contribution in [3.8, 4) is 11.5 Å². The Bertz CT molecular complexity index is 770. The molecule has 0 aliphatic heterocycles. The molecule has 0 bridgehead atoms. The topological polar surface area (TPSA) is 60.9 Å². The highest BCUT2D eigenvalue weighted by Gasteiger charge is 2.21. The molecule has 0 aliphatic carbocycles. The average Bonchev–Trinajstić information content (AvgIpc) is 2.61. The summed E-state index contributed by atoms with van der Waals surface area (Å²) in [5.41, 5.74) is 1.50. The molecule has 0 unspecified atom stereocenters. The van der Waals surface area contributed by atoms with Crippen LogP contribution in [0.2, 0.25) is 5.15 Å². The fourth-order valence-electron chi connectivity index (χ4n) is 2.15. The van der Waals surface area contributed by atoms with Gasteiger partial charge in [0.1, 0.15) is 16.7 Å². The maximum absolute atomic E-state index is 11.9. The van der Waals surface area contributed by atoms with Crippen LogP contribution in [-0.4, -0.2) is 39.3 Å². The van der Waals surface area contributed by atoms with Crippen LogP contribution in [0, 0.1) is 0 Å². The predicted molar refractivity (Wildman–Crippen MR) is 95.9 cm³/mol. The summed E-state index contributed by atoms with van der Waals surface area (Å²) in [6.45, 7) is 0. The van der Waals surface area contributed by atoms with E-state index in [0.717, 1.165) is 5.69 Å². The van der Waals surface area contributed by atoms with E-state index < -0.39 is 5.97 Å².